The van der Waals surface area contributed by atoms with Crippen molar-refractivity contribution in [1.82, 2.24) is 0 Å². The third-order valence-electron chi connectivity index (χ3n) is 8.06. The van der Waals surface area contributed by atoms with Gasteiger partial charge in [-0.05, 0) is 32.1 Å². The van der Waals surface area contributed by atoms with Crippen molar-refractivity contribution in [1.29, 1.82) is 0 Å². The summed E-state index contributed by atoms with van der Waals surface area (Å²) in [5.41, 5.74) is 0. The molecule has 0 aliphatic heterocycles. The Morgan fingerprint density at radius 2 is 0.842 bits per heavy atom. The van der Waals surface area contributed by atoms with E-state index in [1.807, 2.05) is 0 Å². The molecule has 0 saturated carbocycles. The molecular weight excluding hydrogens is 482 g/mol. The SMILES string of the molecule is CCCCCCCCCCCCC/C=C/CCCC[N+](C(CC)C(=O)O)(C(CC)C(=O)O)C(CC)C(=O)O. The highest BCUT2D eigenvalue weighted by Gasteiger charge is 2.55. The number of unbranched alkanes of at least 4 members (excludes halogenated alkanes) is 13. The Hall–Kier alpha value is -1.89. The summed E-state index contributed by atoms with van der Waals surface area (Å²) in [6.07, 6.45) is 22.8. The van der Waals surface area contributed by atoms with Crippen LogP contribution in [-0.4, -0.2) is 62.4 Å². The second-order valence-corrected chi connectivity index (χ2v) is 10.8. The van der Waals surface area contributed by atoms with Gasteiger partial charge < -0.3 is 15.3 Å². The molecule has 0 aromatic rings. The van der Waals surface area contributed by atoms with Crippen LogP contribution in [0.2, 0.25) is 0 Å². The van der Waals surface area contributed by atoms with E-state index in [4.69, 9.17) is 0 Å². The highest BCUT2D eigenvalue weighted by Crippen LogP contribution is 2.32. The van der Waals surface area contributed by atoms with Gasteiger partial charge in [0.25, 0.3) is 0 Å². The minimum absolute atomic E-state index is 0.182. The van der Waals surface area contributed by atoms with E-state index in [-0.39, 0.29) is 25.8 Å². The smallest absolute Gasteiger partial charge is 0.362 e. The molecule has 3 atom stereocenters. The van der Waals surface area contributed by atoms with E-state index in [0.717, 1.165) is 19.3 Å². The largest absolute Gasteiger partial charge is 0.477 e. The van der Waals surface area contributed by atoms with Gasteiger partial charge in [-0.2, -0.15) is 0 Å². The van der Waals surface area contributed by atoms with E-state index < -0.39 is 40.5 Å². The normalized spacial score (nSPS) is 15.7. The Labute approximate surface area is 232 Å². The van der Waals surface area contributed by atoms with Crippen molar-refractivity contribution in [3.8, 4) is 0 Å². The zero-order valence-corrected chi connectivity index (χ0v) is 24.8. The number of carboxylic acid groups (broad SMARTS) is 3. The lowest BCUT2D eigenvalue weighted by molar-refractivity contribution is -0.973. The molecule has 0 radical (unpaired) electrons. The fourth-order valence-corrected chi connectivity index (χ4v) is 6.09. The molecule has 0 saturated heterocycles. The van der Waals surface area contributed by atoms with Crippen molar-refractivity contribution in [3.63, 3.8) is 0 Å². The second kappa shape index (κ2) is 22.0. The number of rotatable bonds is 26. The van der Waals surface area contributed by atoms with Crippen LogP contribution in [0.15, 0.2) is 12.2 Å². The first-order valence-electron chi connectivity index (χ1n) is 15.4. The minimum Gasteiger partial charge on any atom is -0.477 e. The van der Waals surface area contributed by atoms with E-state index >= 15 is 0 Å². The quantitative estimate of drug-likeness (QED) is 0.0586. The Morgan fingerprint density at radius 1 is 0.526 bits per heavy atom. The van der Waals surface area contributed by atoms with E-state index in [1.54, 1.807) is 20.8 Å². The lowest BCUT2D eigenvalue weighted by atomic mass is 9.94. The molecule has 0 spiro atoms. The summed E-state index contributed by atoms with van der Waals surface area (Å²) >= 11 is 0. The van der Waals surface area contributed by atoms with Crippen molar-refractivity contribution in [2.24, 2.45) is 0 Å². The Kier molecular flexibility index (Phi) is 20.9. The zero-order chi connectivity index (χ0) is 28.8. The third kappa shape index (κ3) is 12.8. The Balaban J connectivity index is 4.74. The molecule has 0 bridgehead atoms. The summed E-state index contributed by atoms with van der Waals surface area (Å²) < 4.78 is -0.425. The fourth-order valence-electron chi connectivity index (χ4n) is 6.09. The van der Waals surface area contributed by atoms with Crippen LogP contribution in [0.3, 0.4) is 0 Å². The van der Waals surface area contributed by atoms with Gasteiger partial charge in [0.05, 0.1) is 6.54 Å². The van der Waals surface area contributed by atoms with E-state index in [0.29, 0.717) is 6.42 Å². The Morgan fingerprint density at radius 3 is 1.16 bits per heavy atom. The molecule has 7 nitrogen and oxygen atoms in total. The van der Waals surface area contributed by atoms with Gasteiger partial charge in [-0.15, -0.1) is 0 Å². The van der Waals surface area contributed by atoms with Gasteiger partial charge in [0.15, 0.2) is 18.1 Å². The van der Waals surface area contributed by atoms with Crippen LogP contribution in [-0.2, 0) is 14.4 Å². The molecule has 0 aliphatic carbocycles. The highest BCUT2D eigenvalue weighted by atomic mass is 16.4. The molecule has 0 aliphatic rings. The number of nitrogens with zero attached hydrogens (tertiary/aromatic N) is 1. The lowest BCUT2D eigenvalue weighted by Gasteiger charge is -2.49. The summed E-state index contributed by atoms with van der Waals surface area (Å²) in [5, 5.41) is 30.0. The molecule has 0 fully saturated rings. The summed E-state index contributed by atoms with van der Waals surface area (Å²) in [6, 6.07) is -3.23. The number of hydrogen-bond acceptors (Lipinski definition) is 3. The zero-order valence-electron chi connectivity index (χ0n) is 24.8. The van der Waals surface area contributed by atoms with Crippen LogP contribution in [0.4, 0.5) is 0 Å². The molecule has 0 heterocycles. The highest BCUT2D eigenvalue weighted by molar-refractivity contribution is 5.78. The summed E-state index contributed by atoms with van der Waals surface area (Å²) in [6.45, 7) is 7.58. The first-order valence-corrected chi connectivity index (χ1v) is 15.4. The molecule has 0 aromatic heterocycles. The molecule has 222 valence electrons. The molecule has 38 heavy (non-hydrogen) atoms. The van der Waals surface area contributed by atoms with Gasteiger partial charge in [0.2, 0.25) is 0 Å². The maximum absolute atomic E-state index is 12.2. The maximum Gasteiger partial charge on any atom is 0.362 e. The van der Waals surface area contributed by atoms with E-state index in [9.17, 15) is 29.7 Å². The van der Waals surface area contributed by atoms with Crippen molar-refractivity contribution in [2.75, 3.05) is 6.54 Å². The molecule has 7 heteroatoms. The number of carbonyl (C=O) groups is 3. The molecule has 0 amide bonds. The molecular formula is C31H58NO6+. The molecule has 3 N–H and O–H groups in total. The number of quaternary nitrogens is 1. The summed E-state index contributed by atoms with van der Waals surface area (Å²) in [4.78, 5) is 36.7. The van der Waals surface area contributed by atoms with Crippen LogP contribution in [0, 0.1) is 0 Å². The van der Waals surface area contributed by atoms with Crippen molar-refractivity contribution < 1.29 is 34.2 Å². The van der Waals surface area contributed by atoms with Gasteiger partial charge >= 0.3 is 17.9 Å². The average Bonchev–Trinajstić information content (AvgIpc) is 2.86. The second-order valence-electron chi connectivity index (χ2n) is 10.8. The Bertz CT molecular complexity index is 622. The van der Waals surface area contributed by atoms with E-state index in [2.05, 4.69) is 19.1 Å². The van der Waals surface area contributed by atoms with Crippen LogP contribution in [0.25, 0.3) is 0 Å². The van der Waals surface area contributed by atoms with Crippen molar-refractivity contribution >= 4 is 17.9 Å². The number of aliphatic carboxylic acids is 3. The topological polar surface area (TPSA) is 112 Å². The molecule has 3 unspecified atom stereocenters. The fraction of sp³-hybridized carbons (Fsp3) is 0.839. The maximum atomic E-state index is 12.2. The monoisotopic (exact) mass is 540 g/mol. The van der Waals surface area contributed by atoms with Gasteiger partial charge in [0.1, 0.15) is 0 Å². The van der Waals surface area contributed by atoms with Crippen LogP contribution in [0.5, 0.6) is 0 Å². The number of carboxylic acids is 3. The van der Waals surface area contributed by atoms with E-state index in [1.165, 1.54) is 70.6 Å². The number of hydrogen-bond donors (Lipinski definition) is 3. The number of allylic oxidation sites excluding steroid dienone is 2. The van der Waals surface area contributed by atoms with Gasteiger partial charge in [-0.3, -0.25) is 4.48 Å². The van der Waals surface area contributed by atoms with Crippen molar-refractivity contribution in [2.45, 2.75) is 161 Å². The first kappa shape index (κ1) is 36.1. The van der Waals surface area contributed by atoms with Crippen LogP contribution in [0.1, 0.15) is 143 Å². The molecule has 0 aromatic carbocycles. The van der Waals surface area contributed by atoms with Gasteiger partial charge in [-0.25, -0.2) is 14.4 Å². The predicted octanol–water partition coefficient (Wildman–Crippen LogP) is 7.82. The van der Waals surface area contributed by atoms with Gasteiger partial charge in [-0.1, -0.05) is 104 Å². The third-order valence-corrected chi connectivity index (χ3v) is 8.06. The van der Waals surface area contributed by atoms with Crippen molar-refractivity contribution in [3.05, 3.63) is 12.2 Å². The summed E-state index contributed by atoms with van der Waals surface area (Å²) in [7, 11) is 0. The van der Waals surface area contributed by atoms with Crippen LogP contribution >= 0.6 is 0 Å². The average molecular weight is 541 g/mol. The summed E-state index contributed by atoms with van der Waals surface area (Å²) in [5.74, 6) is -3.38. The lowest BCUT2D eigenvalue weighted by Crippen LogP contribution is -2.72. The standard InChI is InChI=1S/C31H57NO6/c1-5-9-10-11-12-13-14-15-16-17-18-19-20-21-22-23-24-25-32(26(6-2)29(33)34,27(7-3)30(35)36)28(8-4)31(37)38/h20-21,26-28H,5-19,22-25H2,1-4H3,(H2-,33,34,35,36,37,38)/p+1/b21-20+. The van der Waals surface area contributed by atoms with Crippen LogP contribution < -0.4 is 0 Å². The minimum atomic E-state index is -1.13. The molecule has 0 rings (SSSR count). The van der Waals surface area contributed by atoms with Gasteiger partial charge in [0, 0.05) is 19.3 Å². The first-order chi connectivity index (χ1) is 18.2. The predicted molar refractivity (Wildman–Crippen MR) is 154 cm³/mol.